The quantitative estimate of drug-likeness (QED) is 0.560. The first-order valence-electron chi connectivity index (χ1n) is 5.50. The Kier molecular flexibility index (Phi) is 11.4. The van der Waals surface area contributed by atoms with Crippen molar-refractivity contribution in [1.29, 1.82) is 0 Å². The Bertz CT molecular complexity index is 321. The average molecular weight is 344 g/mol. The van der Waals surface area contributed by atoms with Gasteiger partial charge in [-0.3, -0.25) is 19.2 Å². The first-order chi connectivity index (χ1) is 9.20. The van der Waals surface area contributed by atoms with Crippen LogP contribution in [0.2, 0.25) is 0 Å². The number of hydrogen-bond donors (Lipinski definition) is 0. The van der Waals surface area contributed by atoms with E-state index in [1.165, 1.54) is 0 Å². The average Bonchev–Trinajstić information content (AvgIpc) is 2.22. The van der Waals surface area contributed by atoms with Gasteiger partial charge in [0.2, 0.25) is 0 Å². The molecule has 0 aromatic rings. The molecular weight excluding hydrogens is 328 g/mol. The van der Waals surface area contributed by atoms with Gasteiger partial charge in [-0.05, 0) is 0 Å². The van der Waals surface area contributed by atoms with E-state index in [4.69, 9.17) is 0 Å². The van der Waals surface area contributed by atoms with Crippen LogP contribution in [0.3, 0.4) is 0 Å². The standard InChI is InChI=1S/C10H16N2O8.Cr/c1-7(13)17-11(18-8(2)14)5-6-12(19-9(3)15)20-10(4)16;/h5-6H2,1-4H3;. The molecule has 21 heavy (non-hydrogen) atoms. The maximum absolute atomic E-state index is 10.8. The summed E-state index contributed by atoms with van der Waals surface area (Å²) >= 11 is 0. The maximum atomic E-state index is 10.8. The van der Waals surface area contributed by atoms with Crippen LogP contribution in [-0.4, -0.2) is 47.4 Å². The summed E-state index contributed by atoms with van der Waals surface area (Å²) in [5.74, 6) is -2.90. The van der Waals surface area contributed by atoms with Gasteiger partial charge in [-0.1, -0.05) is 0 Å². The first-order valence-corrected chi connectivity index (χ1v) is 5.50. The van der Waals surface area contributed by atoms with Crippen molar-refractivity contribution in [3.05, 3.63) is 0 Å². The molecule has 0 aliphatic carbocycles. The Hall–Kier alpha value is -1.67. The van der Waals surface area contributed by atoms with Gasteiger partial charge in [0.25, 0.3) is 0 Å². The number of nitrogens with zero attached hydrogens (tertiary/aromatic N) is 2. The van der Waals surface area contributed by atoms with E-state index in [0.29, 0.717) is 10.5 Å². The Labute approximate surface area is 131 Å². The topological polar surface area (TPSA) is 112 Å². The van der Waals surface area contributed by atoms with Crippen LogP contribution in [0.5, 0.6) is 0 Å². The number of hydroxylamine groups is 4. The second-order valence-electron chi connectivity index (χ2n) is 3.44. The minimum atomic E-state index is -0.724. The van der Waals surface area contributed by atoms with Crippen molar-refractivity contribution in [3.8, 4) is 0 Å². The van der Waals surface area contributed by atoms with Crippen molar-refractivity contribution in [1.82, 2.24) is 10.5 Å². The summed E-state index contributed by atoms with van der Waals surface area (Å²) in [6, 6.07) is 0. The van der Waals surface area contributed by atoms with E-state index in [1.54, 1.807) is 0 Å². The van der Waals surface area contributed by atoms with E-state index in [0.717, 1.165) is 27.7 Å². The van der Waals surface area contributed by atoms with Gasteiger partial charge in [0.15, 0.2) is 0 Å². The second kappa shape index (κ2) is 11.0. The van der Waals surface area contributed by atoms with E-state index in [-0.39, 0.29) is 30.5 Å². The maximum Gasteiger partial charge on any atom is 0.326 e. The second-order valence-corrected chi connectivity index (χ2v) is 3.44. The molecule has 10 nitrogen and oxygen atoms in total. The largest absolute Gasteiger partial charge is 0.333 e. The molecule has 0 rings (SSSR count). The predicted octanol–water partition coefficient (Wildman–Crippen LogP) is -0.500. The van der Waals surface area contributed by atoms with Crippen LogP contribution in [0.25, 0.3) is 0 Å². The number of carbonyl (C=O) groups is 4. The molecule has 11 heteroatoms. The molecule has 0 radical (unpaired) electrons. The van der Waals surface area contributed by atoms with Crippen molar-refractivity contribution in [2.75, 3.05) is 13.1 Å². The summed E-state index contributed by atoms with van der Waals surface area (Å²) in [6.07, 6.45) is 0. The summed E-state index contributed by atoms with van der Waals surface area (Å²) in [6.45, 7) is 3.97. The summed E-state index contributed by atoms with van der Waals surface area (Å²) in [5.41, 5.74) is 0. The molecule has 0 saturated heterocycles. The van der Waals surface area contributed by atoms with E-state index in [1.807, 2.05) is 0 Å². The van der Waals surface area contributed by atoms with Crippen LogP contribution in [0.1, 0.15) is 27.7 Å². The van der Waals surface area contributed by atoms with Crippen molar-refractivity contribution in [3.63, 3.8) is 0 Å². The molecule has 0 aromatic carbocycles. The molecule has 0 atom stereocenters. The molecule has 0 aromatic heterocycles. The van der Waals surface area contributed by atoms with E-state index >= 15 is 0 Å². The van der Waals surface area contributed by atoms with Crippen molar-refractivity contribution in [2.45, 2.75) is 27.7 Å². The van der Waals surface area contributed by atoms with Gasteiger partial charge in [-0.15, -0.1) is 0 Å². The molecule has 0 aliphatic rings. The summed E-state index contributed by atoms with van der Waals surface area (Å²) in [7, 11) is 0. The number of carbonyl (C=O) groups excluding carboxylic acids is 4. The van der Waals surface area contributed by atoms with Crippen molar-refractivity contribution >= 4 is 23.9 Å². The van der Waals surface area contributed by atoms with Gasteiger partial charge >= 0.3 is 23.9 Å². The van der Waals surface area contributed by atoms with Crippen molar-refractivity contribution in [2.24, 2.45) is 0 Å². The smallest absolute Gasteiger partial charge is 0.326 e. The van der Waals surface area contributed by atoms with E-state index < -0.39 is 23.9 Å². The molecule has 0 N–H and O–H groups in total. The van der Waals surface area contributed by atoms with Gasteiger partial charge in [0, 0.05) is 55.5 Å². The van der Waals surface area contributed by atoms with Gasteiger partial charge in [-0.25, -0.2) is 0 Å². The molecule has 0 heterocycles. The van der Waals surface area contributed by atoms with Crippen LogP contribution >= 0.6 is 0 Å². The fourth-order valence-electron chi connectivity index (χ4n) is 0.957. The van der Waals surface area contributed by atoms with Crippen molar-refractivity contribution < 1.29 is 55.9 Å². The minimum Gasteiger partial charge on any atom is -0.333 e. The first kappa shape index (κ1) is 21.6. The van der Waals surface area contributed by atoms with Crippen LogP contribution in [-0.2, 0) is 55.9 Å². The van der Waals surface area contributed by atoms with Crippen LogP contribution in [0, 0.1) is 0 Å². The number of rotatable bonds is 7. The zero-order valence-electron chi connectivity index (χ0n) is 12.0. The fourth-order valence-corrected chi connectivity index (χ4v) is 0.957. The van der Waals surface area contributed by atoms with E-state index in [9.17, 15) is 19.2 Å². The summed E-state index contributed by atoms with van der Waals surface area (Å²) in [5, 5.41) is 1.15. The SMILES string of the molecule is CC(=O)ON(CCN(OC(C)=O)OC(C)=O)OC(C)=O.[Cr]. The molecule has 0 fully saturated rings. The third-order valence-corrected chi connectivity index (χ3v) is 1.39. The van der Waals surface area contributed by atoms with E-state index in [2.05, 4.69) is 19.4 Å². The Morgan fingerprint density at radius 3 is 0.952 bits per heavy atom. The van der Waals surface area contributed by atoms with Gasteiger partial charge in [0.05, 0.1) is 13.1 Å². The normalized spacial score (nSPS) is 9.62. The zero-order chi connectivity index (χ0) is 15.7. The molecule has 0 amide bonds. The monoisotopic (exact) mass is 344 g/mol. The van der Waals surface area contributed by atoms with Gasteiger partial charge in [-0.2, -0.15) is 0 Å². The van der Waals surface area contributed by atoms with Crippen LogP contribution in [0.15, 0.2) is 0 Å². The van der Waals surface area contributed by atoms with Crippen LogP contribution in [0.4, 0.5) is 0 Å². The zero-order valence-corrected chi connectivity index (χ0v) is 13.3. The minimum absolute atomic E-state index is 0. The molecule has 0 unspecified atom stereocenters. The predicted molar refractivity (Wildman–Crippen MR) is 60.5 cm³/mol. The fraction of sp³-hybridized carbons (Fsp3) is 0.600. The molecule has 0 aliphatic heterocycles. The molecule has 120 valence electrons. The third-order valence-electron chi connectivity index (χ3n) is 1.39. The summed E-state index contributed by atoms with van der Waals surface area (Å²) in [4.78, 5) is 61.4. The summed E-state index contributed by atoms with van der Waals surface area (Å²) < 4.78 is 0. The Morgan fingerprint density at radius 2 is 0.810 bits per heavy atom. The van der Waals surface area contributed by atoms with Crippen LogP contribution < -0.4 is 0 Å². The molecule has 0 saturated carbocycles. The molecule has 0 bridgehead atoms. The third kappa shape index (κ3) is 13.1. The van der Waals surface area contributed by atoms with Gasteiger partial charge < -0.3 is 19.4 Å². The molecular formula is C10H16CrN2O8. The Morgan fingerprint density at radius 1 is 0.619 bits per heavy atom. The number of hydrogen-bond acceptors (Lipinski definition) is 10. The van der Waals surface area contributed by atoms with Gasteiger partial charge in [0.1, 0.15) is 0 Å². The molecule has 0 spiro atoms. The Balaban J connectivity index is 0.